The van der Waals surface area contributed by atoms with Gasteiger partial charge < -0.3 is 4.90 Å². The van der Waals surface area contributed by atoms with Crippen LogP contribution in [0.3, 0.4) is 0 Å². The van der Waals surface area contributed by atoms with Crippen molar-refractivity contribution >= 4 is 41.9 Å². The standard InChI is InChI=1S/C22H25Cl2N2O3P/c1-15-12-17(13-19(23)22(15)24)21-9-11-28-30(27,29-21)26-14-16(8-10-25(2)3)18-6-4-5-7-20(18)26/h4-7,12-14,21H,8-11H2,1-3H3. The fourth-order valence-corrected chi connectivity index (χ4v) is 6.05. The minimum atomic E-state index is -3.57. The Morgan fingerprint density at radius 3 is 2.73 bits per heavy atom. The summed E-state index contributed by atoms with van der Waals surface area (Å²) in [4.78, 5) is 2.13. The Morgan fingerprint density at radius 1 is 1.23 bits per heavy atom. The third-order valence-electron chi connectivity index (χ3n) is 5.37. The molecule has 1 saturated heterocycles. The molecule has 0 amide bonds. The van der Waals surface area contributed by atoms with Crippen molar-refractivity contribution in [3.63, 3.8) is 0 Å². The zero-order valence-corrected chi connectivity index (χ0v) is 19.7. The lowest BCUT2D eigenvalue weighted by molar-refractivity contribution is 0.0771. The van der Waals surface area contributed by atoms with Gasteiger partial charge in [0.05, 0.1) is 28.3 Å². The molecule has 0 bridgehead atoms. The second-order valence-corrected chi connectivity index (χ2v) is 10.5. The summed E-state index contributed by atoms with van der Waals surface area (Å²) in [6, 6.07) is 11.6. The SMILES string of the molecule is Cc1cc(C2CCOP(=O)(n3cc(CCN(C)C)c4ccccc43)O2)cc(Cl)c1Cl. The number of likely N-dealkylation sites (N-methyl/N-ethyl adjacent to an activating group) is 1. The highest BCUT2D eigenvalue weighted by Gasteiger charge is 2.38. The van der Waals surface area contributed by atoms with Gasteiger partial charge in [0.15, 0.2) is 0 Å². The summed E-state index contributed by atoms with van der Waals surface area (Å²) in [5, 5.41) is 2.06. The number of hydrogen-bond donors (Lipinski definition) is 0. The molecule has 0 spiro atoms. The Labute approximate surface area is 187 Å². The molecule has 0 aliphatic carbocycles. The van der Waals surface area contributed by atoms with Gasteiger partial charge in [-0.05, 0) is 56.3 Å². The number of halogens is 2. The van der Waals surface area contributed by atoms with Crippen molar-refractivity contribution < 1.29 is 13.6 Å². The molecule has 1 aliphatic heterocycles. The Kier molecular flexibility index (Phi) is 6.32. The van der Waals surface area contributed by atoms with Crippen LogP contribution >= 0.6 is 30.9 Å². The molecule has 5 nitrogen and oxygen atoms in total. The number of aromatic nitrogens is 1. The first-order valence-corrected chi connectivity index (χ1v) is 12.2. The summed E-state index contributed by atoms with van der Waals surface area (Å²) in [6.07, 6.45) is 2.96. The number of benzene rings is 2. The predicted octanol–water partition coefficient (Wildman–Crippen LogP) is 6.50. The smallest absolute Gasteiger partial charge is 0.309 e. The minimum absolute atomic E-state index is 0.334. The molecule has 4 rings (SSSR count). The van der Waals surface area contributed by atoms with E-state index in [0.29, 0.717) is 23.1 Å². The monoisotopic (exact) mass is 466 g/mol. The van der Waals surface area contributed by atoms with E-state index in [9.17, 15) is 4.57 Å². The lowest BCUT2D eigenvalue weighted by Gasteiger charge is -2.31. The molecule has 8 heteroatoms. The molecular weight excluding hydrogens is 442 g/mol. The van der Waals surface area contributed by atoms with Crippen molar-refractivity contribution in [2.45, 2.75) is 25.9 Å². The Hall–Kier alpha value is -1.33. The van der Waals surface area contributed by atoms with Gasteiger partial charge in [-0.15, -0.1) is 0 Å². The zero-order chi connectivity index (χ0) is 21.5. The van der Waals surface area contributed by atoms with Gasteiger partial charge in [0, 0.05) is 24.5 Å². The van der Waals surface area contributed by atoms with Gasteiger partial charge in [0.2, 0.25) is 0 Å². The van der Waals surface area contributed by atoms with Crippen LogP contribution < -0.4 is 0 Å². The maximum atomic E-state index is 13.9. The lowest BCUT2D eigenvalue weighted by Crippen LogP contribution is -2.17. The molecule has 30 heavy (non-hydrogen) atoms. The predicted molar refractivity (Wildman–Crippen MR) is 123 cm³/mol. The van der Waals surface area contributed by atoms with E-state index in [-0.39, 0.29) is 6.10 Å². The van der Waals surface area contributed by atoms with E-state index in [1.807, 2.05) is 57.5 Å². The highest BCUT2D eigenvalue weighted by molar-refractivity contribution is 7.52. The normalized spacial score (nSPS) is 22.1. The molecule has 2 aromatic carbocycles. The minimum Gasteiger partial charge on any atom is -0.309 e. The van der Waals surface area contributed by atoms with E-state index in [4.69, 9.17) is 32.2 Å². The summed E-state index contributed by atoms with van der Waals surface area (Å²) in [5.74, 6) is 0. The number of aryl methyl sites for hydroxylation is 1. The first-order chi connectivity index (χ1) is 14.3. The number of nitrogens with zero attached hydrogens (tertiary/aromatic N) is 2. The van der Waals surface area contributed by atoms with Crippen molar-refractivity contribution in [3.8, 4) is 0 Å². The van der Waals surface area contributed by atoms with Crippen molar-refractivity contribution in [1.29, 1.82) is 0 Å². The molecule has 1 aromatic heterocycles. The van der Waals surface area contributed by atoms with Gasteiger partial charge in [-0.25, -0.2) is 4.57 Å². The van der Waals surface area contributed by atoms with E-state index in [0.717, 1.165) is 40.6 Å². The molecule has 2 heterocycles. The van der Waals surface area contributed by atoms with Gasteiger partial charge in [0.1, 0.15) is 0 Å². The maximum absolute atomic E-state index is 13.9. The summed E-state index contributed by atoms with van der Waals surface area (Å²) in [7, 11) is 0.506. The van der Waals surface area contributed by atoms with Crippen molar-refractivity contribution in [2.24, 2.45) is 0 Å². The van der Waals surface area contributed by atoms with Crippen LogP contribution in [0.2, 0.25) is 10.0 Å². The molecule has 2 atom stereocenters. The van der Waals surface area contributed by atoms with E-state index in [1.165, 1.54) is 0 Å². The Bertz CT molecular complexity index is 1110. The van der Waals surface area contributed by atoms with Crippen molar-refractivity contribution in [1.82, 2.24) is 9.24 Å². The second-order valence-electron chi connectivity index (χ2n) is 7.89. The van der Waals surface area contributed by atoms with Gasteiger partial charge in [-0.1, -0.05) is 47.5 Å². The fourth-order valence-electron chi connectivity index (χ4n) is 3.78. The molecule has 0 radical (unpaired) electrons. The molecule has 3 aromatic rings. The van der Waals surface area contributed by atoms with Crippen LogP contribution in [0.15, 0.2) is 42.6 Å². The van der Waals surface area contributed by atoms with Crippen molar-refractivity contribution in [3.05, 3.63) is 69.3 Å². The number of fused-ring (bicyclic) bond motifs is 1. The van der Waals surface area contributed by atoms with Crippen LogP contribution in [-0.2, 0) is 20.0 Å². The highest BCUT2D eigenvalue weighted by atomic mass is 35.5. The van der Waals surface area contributed by atoms with Gasteiger partial charge in [-0.3, -0.25) is 13.4 Å². The third kappa shape index (κ3) is 4.20. The van der Waals surface area contributed by atoms with Gasteiger partial charge in [0.25, 0.3) is 0 Å². The van der Waals surface area contributed by atoms with Crippen LogP contribution in [0.1, 0.15) is 29.2 Å². The summed E-state index contributed by atoms with van der Waals surface area (Å²) >= 11 is 12.5. The van der Waals surface area contributed by atoms with Gasteiger partial charge in [-0.2, -0.15) is 0 Å². The molecule has 160 valence electrons. The first kappa shape index (κ1) is 21.9. The van der Waals surface area contributed by atoms with Gasteiger partial charge >= 0.3 is 7.75 Å². The molecule has 2 unspecified atom stereocenters. The maximum Gasteiger partial charge on any atom is 0.439 e. The first-order valence-electron chi connectivity index (χ1n) is 9.91. The Morgan fingerprint density at radius 2 is 2.00 bits per heavy atom. The summed E-state index contributed by atoms with van der Waals surface area (Å²) in [6.45, 7) is 3.12. The van der Waals surface area contributed by atoms with Crippen molar-refractivity contribution in [2.75, 3.05) is 27.2 Å². The average molecular weight is 467 g/mol. The van der Waals surface area contributed by atoms with Crippen LogP contribution in [0.4, 0.5) is 0 Å². The average Bonchev–Trinajstić information content (AvgIpc) is 3.10. The summed E-state index contributed by atoms with van der Waals surface area (Å²) in [5.41, 5.74) is 3.69. The van der Waals surface area contributed by atoms with Crippen LogP contribution in [0.5, 0.6) is 0 Å². The number of rotatable bonds is 5. The van der Waals surface area contributed by atoms with E-state index in [1.54, 1.807) is 10.4 Å². The molecule has 0 N–H and O–H groups in total. The number of para-hydroxylation sites is 1. The van der Waals surface area contributed by atoms with E-state index in [2.05, 4.69) is 4.90 Å². The highest BCUT2D eigenvalue weighted by Crippen LogP contribution is 2.58. The fraction of sp³-hybridized carbons (Fsp3) is 0.364. The van der Waals surface area contributed by atoms with E-state index < -0.39 is 7.75 Å². The lowest BCUT2D eigenvalue weighted by atomic mass is 10.0. The molecular formula is C22H25Cl2N2O3P. The summed E-state index contributed by atoms with van der Waals surface area (Å²) < 4.78 is 27.4. The van der Waals surface area contributed by atoms with Crippen LogP contribution in [-0.4, -0.2) is 36.5 Å². The van der Waals surface area contributed by atoms with Crippen LogP contribution in [0.25, 0.3) is 10.9 Å². The third-order valence-corrected chi connectivity index (χ3v) is 8.15. The van der Waals surface area contributed by atoms with Crippen LogP contribution in [0, 0.1) is 6.92 Å². The Balaban J connectivity index is 1.71. The second kappa shape index (κ2) is 8.66. The quantitative estimate of drug-likeness (QED) is 0.402. The largest absolute Gasteiger partial charge is 0.439 e. The zero-order valence-electron chi connectivity index (χ0n) is 17.3. The van der Waals surface area contributed by atoms with E-state index >= 15 is 0 Å². The molecule has 1 aliphatic rings. The topological polar surface area (TPSA) is 43.7 Å². The molecule has 1 fully saturated rings. The number of hydrogen-bond acceptors (Lipinski definition) is 4. The molecule has 0 saturated carbocycles.